The average molecular weight is 681 g/mol. The molecule has 2 rings (SSSR count). The number of likely N-dealkylation sites (tertiary alicyclic amines) is 1. The lowest BCUT2D eigenvalue weighted by molar-refractivity contribution is -0.161. The Hall–Kier alpha value is -2.90. The fourth-order valence-corrected chi connectivity index (χ4v) is 6.68. The molecule has 0 saturated carbocycles. The number of piperidine rings is 1. The van der Waals surface area contributed by atoms with Crippen LogP contribution in [0.5, 0.6) is 0 Å². The number of esters is 1. The molecule has 13 heteroatoms. The van der Waals surface area contributed by atoms with Gasteiger partial charge in [-0.2, -0.15) is 0 Å². The lowest BCUT2D eigenvalue weighted by Crippen LogP contribution is -2.50. The summed E-state index contributed by atoms with van der Waals surface area (Å²) < 4.78 is 5.64. The topological polar surface area (TPSA) is 166 Å². The average Bonchev–Trinajstić information content (AvgIpc) is 3.51. The highest BCUT2D eigenvalue weighted by Crippen LogP contribution is 2.31. The van der Waals surface area contributed by atoms with Gasteiger partial charge in [-0.1, -0.05) is 54.4 Å². The van der Waals surface area contributed by atoms with E-state index in [1.54, 1.807) is 0 Å². The van der Waals surface area contributed by atoms with Gasteiger partial charge in [0.05, 0.1) is 6.04 Å². The Morgan fingerprint density at radius 1 is 1.13 bits per heavy atom. The molecule has 3 N–H and O–H groups in total. The van der Waals surface area contributed by atoms with E-state index >= 15 is 0 Å². The summed E-state index contributed by atoms with van der Waals surface area (Å²) in [6.07, 6.45) is 2.91. The molecule has 2 heterocycles. The smallest absolute Gasteiger partial charge is 0.307 e. The number of Topliss-reactive ketones (excluding diaryl/α,β-unsaturated/α-hetero) is 1. The number of likely N-dealkylation sites (N-methyl/N-ethyl adjacent to an activating group) is 1. The van der Waals surface area contributed by atoms with Crippen molar-refractivity contribution in [3.8, 4) is 0 Å². The molecule has 1 aromatic heterocycles. The number of nitrogens with one attached hydrogen (secondary N) is 1. The number of carboxylic acid groups (broad SMARTS) is 1. The Labute approximate surface area is 283 Å². The number of ether oxygens (including phenoxy) is 1. The molecular formula is C34H56N4O8S. The molecule has 0 bridgehead atoms. The van der Waals surface area contributed by atoms with E-state index in [0.717, 1.165) is 37.1 Å². The summed E-state index contributed by atoms with van der Waals surface area (Å²) in [5.41, 5.74) is 0.110. The molecule has 2 amide bonds. The number of aliphatic hydroxyl groups is 1. The van der Waals surface area contributed by atoms with Crippen LogP contribution >= 0.6 is 11.3 Å². The zero-order valence-electron chi connectivity index (χ0n) is 29.2. The monoisotopic (exact) mass is 680 g/mol. The van der Waals surface area contributed by atoms with Crippen LogP contribution in [0.2, 0.25) is 0 Å². The van der Waals surface area contributed by atoms with Gasteiger partial charge >= 0.3 is 11.9 Å². The van der Waals surface area contributed by atoms with Crippen molar-refractivity contribution in [2.24, 2.45) is 23.7 Å². The van der Waals surface area contributed by atoms with Crippen LogP contribution in [0.1, 0.15) is 121 Å². The van der Waals surface area contributed by atoms with Gasteiger partial charge in [0.1, 0.15) is 16.8 Å². The molecule has 0 aliphatic carbocycles. The standard InChI is InChI=1S/C34H56N4O8S/c1-8-23(6)24(17-28(39)26-12-9-10-15-37(26)7)34(45)38(20-46-31(43)16-21(2)3)27(22(4)5)18-29(40)33-36-25(19-47-33)32(44)35-14-11-13-30(41)42/h19,21-24,26-27,29,40H,8-18,20H2,1-7H3,(H,35,44)(H,41,42)/t23-,24-,26+,27+,29+/m0/s1. The first kappa shape index (κ1) is 40.3. The summed E-state index contributed by atoms with van der Waals surface area (Å²) in [5, 5.41) is 24.6. The second kappa shape index (κ2) is 19.8. The van der Waals surface area contributed by atoms with E-state index in [1.165, 1.54) is 10.3 Å². The summed E-state index contributed by atoms with van der Waals surface area (Å²) >= 11 is 1.11. The first-order valence-electron chi connectivity index (χ1n) is 17.0. The Kier molecular flexibility index (Phi) is 17.0. The van der Waals surface area contributed by atoms with E-state index < -0.39 is 35.9 Å². The van der Waals surface area contributed by atoms with Crippen LogP contribution in [-0.2, 0) is 23.9 Å². The summed E-state index contributed by atoms with van der Waals surface area (Å²) in [7, 11) is 1.95. The number of aliphatic carboxylic acids is 1. The molecule has 0 unspecified atom stereocenters. The summed E-state index contributed by atoms with van der Waals surface area (Å²) in [4.78, 5) is 71.9. The van der Waals surface area contributed by atoms with Crippen LogP contribution in [0.15, 0.2) is 5.38 Å². The molecule has 1 aromatic rings. The van der Waals surface area contributed by atoms with Gasteiger partial charge in [0, 0.05) is 49.6 Å². The van der Waals surface area contributed by atoms with Crippen LogP contribution in [-0.4, -0.2) is 93.5 Å². The number of carbonyl (C=O) groups is 5. The van der Waals surface area contributed by atoms with Gasteiger partial charge in [0.2, 0.25) is 5.91 Å². The van der Waals surface area contributed by atoms with Gasteiger partial charge < -0.3 is 25.2 Å². The maximum atomic E-state index is 14.5. The normalized spacial score (nSPS) is 18.0. The van der Waals surface area contributed by atoms with E-state index in [4.69, 9.17) is 9.84 Å². The van der Waals surface area contributed by atoms with Gasteiger partial charge in [-0.25, -0.2) is 4.98 Å². The molecule has 1 saturated heterocycles. The van der Waals surface area contributed by atoms with E-state index in [0.29, 0.717) is 11.4 Å². The van der Waals surface area contributed by atoms with Gasteiger partial charge in [-0.15, -0.1) is 11.3 Å². The Bertz CT molecular complexity index is 1190. The highest BCUT2D eigenvalue weighted by atomic mass is 32.1. The lowest BCUT2D eigenvalue weighted by Gasteiger charge is -2.39. The Balaban J connectivity index is 2.32. The number of nitrogens with zero attached hydrogens (tertiary/aromatic N) is 3. The van der Waals surface area contributed by atoms with Crippen molar-refractivity contribution >= 4 is 40.9 Å². The van der Waals surface area contributed by atoms with Gasteiger partial charge in [-0.3, -0.25) is 28.9 Å². The maximum Gasteiger partial charge on any atom is 0.307 e. The van der Waals surface area contributed by atoms with Crippen molar-refractivity contribution in [3.05, 3.63) is 16.1 Å². The van der Waals surface area contributed by atoms with Crippen molar-refractivity contribution in [1.82, 2.24) is 20.1 Å². The molecule has 0 radical (unpaired) electrons. The molecular weight excluding hydrogens is 624 g/mol. The minimum absolute atomic E-state index is 0.0419. The van der Waals surface area contributed by atoms with Crippen LogP contribution in [0.25, 0.3) is 0 Å². The number of aliphatic hydroxyl groups excluding tert-OH is 1. The first-order chi connectivity index (χ1) is 22.2. The number of thiazole rings is 1. The number of hydrogen-bond acceptors (Lipinski definition) is 10. The third kappa shape index (κ3) is 12.9. The number of rotatable bonds is 20. The number of hydrogen-bond donors (Lipinski definition) is 3. The van der Waals surface area contributed by atoms with E-state index in [-0.39, 0.29) is 86.6 Å². The van der Waals surface area contributed by atoms with E-state index in [9.17, 15) is 29.1 Å². The highest BCUT2D eigenvalue weighted by Gasteiger charge is 2.39. The van der Waals surface area contributed by atoms with Gasteiger partial charge in [-0.05, 0) is 50.6 Å². The lowest BCUT2D eigenvalue weighted by atomic mass is 9.82. The minimum Gasteiger partial charge on any atom is -0.481 e. The van der Waals surface area contributed by atoms with Crippen molar-refractivity contribution in [1.29, 1.82) is 0 Å². The van der Waals surface area contributed by atoms with E-state index in [2.05, 4.69) is 15.2 Å². The fourth-order valence-electron chi connectivity index (χ4n) is 5.89. The highest BCUT2D eigenvalue weighted by molar-refractivity contribution is 7.09. The number of ketones is 1. The first-order valence-corrected chi connectivity index (χ1v) is 17.9. The Morgan fingerprint density at radius 3 is 2.43 bits per heavy atom. The quantitative estimate of drug-likeness (QED) is 0.100. The third-order valence-electron chi connectivity index (χ3n) is 8.96. The van der Waals surface area contributed by atoms with Crippen molar-refractivity contribution in [2.75, 3.05) is 26.9 Å². The Morgan fingerprint density at radius 2 is 1.83 bits per heavy atom. The number of aromatic nitrogens is 1. The number of amides is 2. The minimum atomic E-state index is -1.12. The second-order valence-corrected chi connectivity index (χ2v) is 14.5. The summed E-state index contributed by atoms with van der Waals surface area (Å²) in [6.45, 7) is 12.3. The summed E-state index contributed by atoms with van der Waals surface area (Å²) in [5.74, 6) is -2.91. The second-order valence-electron chi connectivity index (χ2n) is 13.6. The molecule has 1 aliphatic rings. The SMILES string of the molecule is CC[C@H](C)[C@H](CC(=O)[C@H]1CCCCN1C)C(=O)N(COC(=O)CC(C)C)[C@H](C[C@@H](O)c1nc(C(=O)NCCCC(=O)O)cs1)C(C)C. The van der Waals surface area contributed by atoms with Crippen molar-refractivity contribution in [3.63, 3.8) is 0 Å². The molecule has 0 aromatic carbocycles. The van der Waals surface area contributed by atoms with Crippen LogP contribution < -0.4 is 5.32 Å². The van der Waals surface area contributed by atoms with Crippen molar-refractivity contribution in [2.45, 2.75) is 118 Å². The van der Waals surface area contributed by atoms with Gasteiger partial charge in [0.25, 0.3) is 5.91 Å². The molecule has 1 aliphatic heterocycles. The van der Waals surface area contributed by atoms with Gasteiger partial charge in [0.15, 0.2) is 12.5 Å². The number of carboxylic acids is 1. The largest absolute Gasteiger partial charge is 0.481 e. The summed E-state index contributed by atoms with van der Waals surface area (Å²) in [6, 6.07) is -0.794. The number of carbonyl (C=O) groups excluding carboxylic acids is 4. The molecule has 0 spiro atoms. The predicted molar refractivity (Wildman–Crippen MR) is 180 cm³/mol. The van der Waals surface area contributed by atoms with Crippen LogP contribution in [0.4, 0.5) is 0 Å². The van der Waals surface area contributed by atoms with Crippen molar-refractivity contribution < 1.29 is 38.9 Å². The molecule has 47 heavy (non-hydrogen) atoms. The fraction of sp³-hybridized carbons (Fsp3) is 0.765. The molecule has 266 valence electrons. The van der Waals surface area contributed by atoms with Crippen LogP contribution in [0.3, 0.4) is 0 Å². The molecule has 12 nitrogen and oxygen atoms in total. The van der Waals surface area contributed by atoms with E-state index in [1.807, 2.05) is 48.6 Å². The zero-order chi connectivity index (χ0) is 35.3. The molecule has 5 atom stereocenters. The zero-order valence-corrected chi connectivity index (χ0v) is 30.0. The molecule has 1 fully saturated rings. The predicted octanol–water partition coefficient (Wildman–Crippen LogP) is 4.67. The maximum absolute atomic E-state index is 14.5. The van der Waals surface area contributed by atoms with Crippen LogP contribution in [0, 0.1) is 23.7 Å². The third-order valence-corrected chi connectivity index (χ3v) is 9.91.